The van der Waals surface area contributed by atoms with Gasteiger partial charge >= 0.3 is 5.97 Å². The highest BCUT2D eigenvalue weighted by Crippen LogP contribution is 2.43. The normalized spacial score (nSPS) is 28.7. The van der Waals surface area contributed by atoms with E-state index in [2.05, 4.69) is 41.0 Å². The van der Waals surface area contributed by atoms with Crippen molar-refractivity contribution in [2.24, 2.45) is 11.8 Å². The molecule has 1 aliphatic heterocycles. The van der Waals surface area contributed by atoms with Gasteiger partial charge in [0.1, 0.15) is 5.75 Å². The second-order valence-corrected chi connectivity index (χ2v) is 7.74. The predicted molar refractivity (Wildman–Crippen MR) is 108 cm³/mol. The van der Waals surface area contributed by atoms with E-state index in [9.17, 15) is 4.79 Å². The molecule has 2 N–H and O–H groups in total. The van der Waals surface area contributed by atoms with Crippen molar-refractivity contribution in [1.82, 2.24) is 10.6 Å². The molecule has 1 aliphatic carbocycles. The van der Waals surface area contributed by atoms with Crippen LogP contribution in [0.25, 0.3) is 0 Å². The number of hydrogen-bond donors (Lipinski definition) is 2. The number of methoxy groups -OCH3 is 2. The fraction of sp³-hybridized carbons (Fsp3) is 0.435. The smallest absolute Gasteiger partial charge is 0.310 e. The minimum atomic E-state index is -0.0998. The zero-order valence-electron chi connectivity index (χ0n) is 16.4. The van der Waals surface area contributed by atoms with Crippen molar-refractivity contribution >= 4 is 5.97 Å². The highest BCUT2D eigenvalue weighted by Gasteiger charge is 2.49. The summed E-state index contributed by atoms with van der Waals surface area (Å²) in [7, 11) is 3.19. The van der Waals surface area contributed by atoms with Gasteiger partial charge in [0.05, 0.1) is 20.1 Å². The molecule has 148 valence electrons. The summed E-state index contributed by atoms with van der Waals surface area (Å²) in [6.07, 6.45) is 1.85. The summed E-state index contributed by atoms with van der Waals surface area (Å²) in [5.74, 6) is 1.15. The van der Waals surface area contributed by atoms with Gasteiger partial charge < -0.3 is 20.1 Å². The first-order valence-electron chi connectivity index (χ1n) is 9.95. The number of carbonyl (C=O) groups is 1. The van der Waals surface area contributed by atoms with Crippen molar-refractivity contribution in [2.45, 2.75) is 37.5 Å². The quantitative estimate of drug-likeness (QED) is 0.755. The Morgan fingerprint density at radius 2 is 1.82 bits per heavy atom. The van der Waals surface area contributed by atoms with Crippen LogP contribution in [0.5, 0.6) is 5.75 Å². The van der Waals surface area contributed by atoms with Crippen molar-refractivity contribution in [3.05, 3.63) is 65.7 Å². The van der Waals surface area contributed by atoms with Crippen LogP contribution in [0.1, 0.15) is 30.0 Å². The van der Waals surface area contributed by atoms with Gasteiger partial charge in [0.15, 0.2) is 0 Å². The summed E-state index contributed by atoms with van der Waals surface area (Å²) in [5, 5.41) is 7.52. The predicted octanol–water partition coefficient (Wildman–Crippen LogP) is 3.07. The van der Waals surface area contributed by atoms with Crippen LogP contribution in [-0.4, -0.2) is 32.3 Å². The van der Waals surface area contributed by atoms with Gasteiger partial charge in [-0.1, -0.05) is 48.5 Å². The topological polar surface area (TPSA) is 59.6 Å². The number of carbonyl (C=O) groups excluding carboxylic acids is 1. The van der Waals surface area contributed by atoms with E-state index in [-0.39, 0.29) is 30.0 Å². The van der Waals surface area contributed by atoms with E-state index in [4.69, 9.17) is 9.47 Å². The summed E-state index contributed by atoms with van der Waals surface area (Å²) in [4.78, 5) is 12.3. The molecule has 2 bridgehead atoms. The molecule has 28 heavy (non-hydrogen) atoms. The van der Waals surface area contributed by atoms with E-state index < -0.39 is 0 Å². The molecular formula is C23H28N2O3. The maximum atomic E-state index is 12.3. The minimum absolute atomic E-state index is 0.0701. The lowest BCUT2D eigenvalue weighted by Crippen LogP contribution is -2.52. The molecule has 0 spiro atoms. The molecule has 5 nitrogen and oxygen atoms in total. The van der Waals surface area contributed by atoms with Gasteiger partial charge in [-0.25, -0.2) is 0 Å². The van der Waals surface area contributed by atoms with Gasteiger partial charge in [0.25, 0.3) is 0 Å². The average molecular weight is 380 g/mol. The molecule has 2 aromatic rings. The lowest BCUT2D eigenvalue weighted by atomic mass is 9.84. The number of rotatable bonds is 6. The zero-order valence-corrected chi connectivity index (χ0v) is 16.4. The Morgan fingerprint density at radius 3 is 2.57 bits per heavy atom. The standard InChI is InChI=1S/C23H28N2O3/c1-27-20-11-7-6-10-16(20)14-24-21-17-12-18(23(26)28-2)19(13-17)25-22(21)15-8-4-3-5-9-15/h3-11,17-19,21-22,24-25H,12-14H2,1-2H3. The highest BCUT2D eigenvalue weighted by atomic mass is 16.5. The van der Waals surface area contributed by atoms with E-state index >= 15 is 0 Å². The summed E-state index contributed by atoms with van der Waals surface area (Å²) in [6.45, 7) is 0.726. The number of esters is 1. The lowest BCUT2D eigenvalue weighted by molar-refractivity contribution is -0.145. The largest absolute Gasteiger partial charge is 0.496 e. The van der Waals surface area contributed by atoms with Crippen LogP contribution in [0.3, 0.4) is 0 Å². The Morgan fingerprint density at radius 1 is 1.07 bits per heavy atom. The summed E-state index contributed by atoms with van der Waals surface area (Å²) in [6, 6.07) is 19.2. The van der Waals surface area contributed by atoms with Gasteiger partial charge in [-0.15, -0.1) is 0 Å². The molecule has 0 radical (unpaired) electrons. The Hall–Kier alpha value is -2.37. The van der Waals surface area contributed by atoms with Gasteiger partial charge in [0.2, 0.25) is 0 Å². The lowest BCUT2D eigenvalue weighted by Gasteiger charge is -2.39. The number of hydrogen-bond acceptors (Lipinski definition) is 5. The molecule has 5 atom stereocenters. The van der Waals surface area contributed by atoms with Crippen LogP contribution in [0.2, 0.25) is 0 Å². The SMILES string of the molecule is COC(=O)C1CC2CC1NC(c1ccccc1)C2NCc1ccccc1OC. The molecule has 2 fully saturated rings. The molecule has 2 aliphatic rings. The molecular weight excluding hydrogens is 352 g/mol. The molecule has 0 aromatic heterocycles. The third-order valence-corrected chi connectivity index (χ3v) is 6.24. The first-order chi connectivity index (χ1) is 13.7. The Kier molecular flexibility index (Phi) is 5.64. The van der Waals surface area contributed by atoms with Gasteiger partial charge in [-0.05, 0) is 30.4 Å². The molecule has 4 rings (SSSR count). The van der Waals surface area contributed by atoms with E-state index in [1.807, 2.05) is 24.3 Å². The first kappa shape index (κ1) is 19.0. The van der Waals surface area contributed by atoms with Crippen molar-refractivity contribution in [2.75, 3.05) is 14.2 Å². The third-order valence-electron chi connectivity index (χ3n) is 6.24. The summed E-state index contributed by atoms with van der Waals surface area (Å²) in [5.41, 5.74) is 2.39. The molecule has 5 heteroatoms. The minimum Gasteiger partial charge on any atom is -0.496 e. The maximum absolute atomic E-state index is 12.3. The first-order valence-corrected chi connectivity index (χ1v) is 9.95. The molecule has 0 amide bonds. The van der Waals surface area contributed by atoms with Crippen LogP contribution in [-0.2, 0) is 16.1 Å². The average Bonchev–Trinajstić information content (AvgIpc) is 3.10. The van der Waals surface area contributed by atoms with Crippen LogP contribution in [0.15, 0.2) is 54.6 Å². The number of ether oxygens (including phenoxy) is 2. The van der Waals surface area contributed by atoms with Gasteiger partial charge in [-0.3, -0.25) is 4.79 Å². The summed E-state index contributed by atoms with van der Waals surface area (Å²) < 4.78 is 10.6. The molecule has 1 saturated heterocycles. The fourth-order valence-electron chi connectivity index (χ4n) is 4.90. The number of benzene rings is 2. The Bertz CT molecular complexity index is 811. The van der Waals surface area contributed by atoms with Crippen LogP contribution in [0.4, 0.5) is 0 Å². The molecule has 1 heterocycles. The van der Waals surface area contributed by atoms with Crippen molar-refractivity contribution in [3.63, 3.8) is 0 Å². The molecule has 2 aromatic carbocycles. The second kappa shape index (κ2) is 8.33. The van der Waals surface area contributed by atoms with Crippen molar-refractivity contribution < 1.29 is 14.3 Å². The Labute approximate surface area is 166 Å². The number of para-hydroxylation sites is 1. The van der Waals surface area contributed by atoms with Gasteiger partial charge in [-0.2, -0.15) is 0 Å². The second-order valence-electron chi connectivity index (χ2n) is 7.74. The third kappa shape index (κ3) is 3.64. The van der Waals surface area contributed by atoms with E-state index in [1.54, 1.807) is 7.11 Å². The van der Waals surface area contributed by atoms with Crippen LogP contribution in [0, 0.1) is 11.8 Å². The summed E-state index contributed by atoms with van der Waals surface area (Å²) >= 11 is 0. The monoisotopic (exact) mass is 380 g/mol. The van der Waals surface area contributed by atoms with Crippen molar-refractivity contribution in [3.8, 4) is 5.75 Å². The van der Waals surface area contributed by atoms with Gasteiger partial charge in [0, 0.05) is 30.2 Å². The number of fused-ring (bicyclic) bond motifs is 2. The molecule has 5 unspecified atom stereocenters. The van der Waals surface area contributed by atoms with Crippen molar-refractivity contribution in [1.29, 1.82) is 0 Å². The molecule has 1 saturated carbocycles. The van der Waals surface area contributed by atoms with E-state index in [0.717, 1.165) is 30.7 Å². The Balaban J connectivity index is 1.58. The number of piperidine rings is 1. The maximum Gasteiger partial charge on any atom is 0.310 e. The number of nitrogens with one attached hydrogen (secondary N) is 2. The van der Waals surface area contributed by atoms with Crippen LogP contribution >= 0.6 is 0 Å². The fourth-order valence-corrected chi connectivity index (χ4v) is 4.90. The zero-order chi connectivity index (χ0) is 19.5. The van der Waals surface area contributed by atoms with E-state index in [1.165, 1.54) is 12.7 Å². The van der Waals surface area contributed by atoms with E-state index in [0.29, 0.717) is 5.92 Å². The highest BCUT2D eigenvalue weighted by molar-refractivity contribution is 5.73. The van der Waals surface area contributed by atoms with Crippen LogP contribution < -0.4 is 15.4 Å².